The number of hydrogen-bond acceptors (Lipinski definition) is 3. The van der Waals surface area contributed by atoms with Gasteiger partial charge in [0.1, 0.15) is 11.9 Å². The summed E-state index contributed by atoms with van der Waals surface area (Å²) in [5.74, 6) is 0.937. The lowest BCUT2D eigenvalue weighted by atomic mass is 9.99. The summed E-state index contributed by atoms with van der Waals surface area (Å²) in [4.78, 5) is 0. The van der Waals surface area contributed by atoms with Gasteiger partial charge in [-0.2, -0.15) is 0 Å². The van der Waals surface area contributed by atoms with Gasteiger partial charge in [0, 0.05) is 12.0 Å². The molecule has 2 N–H and O–H groups in total. The molecule has 0 amide bonds. The van der Waals surface area contributed by atoms with E-state index in [9.17, 15) is 5.11 Å². The molecule has 0 radical (unpaired) electrons. The predicted octanol–water partition coefficient (Wildman–Crippen LogP) is 2.52. The maximum absolute atomic E-state index is 9.58. The number of aliphatic hydroxyl groups is 1. The Bertz CT molecular complexity index is 390. The van der Waals surface area contributed by atoms with E-state index in [1.807, 2.05) is 12.1 Å². The molecule has 0 spiro atoms. The molecule has 1 aliphatic rings. The van der Waals surface area contributed by atoms with Gasteiger partial charge in [0.25, 0.3) is 0 Å². The topological polar surface area (TPSA) is 41.5 Å². The summed E-state index contributed by atoms with van der Waals surface area (Å²) in [6.07, 6.45) is 4.13. The smallest absolute Gasteiger partial charge is 0.119 e. The zero-order valence-electron chi connectivity index (χ0n) is 12.0. The Labute approximate surface area is 116 Å². The first-order valence-electron chi connectivity index (χ1n) is 7.33. The first kappa shape index (κ1) is 14.4. The third-order valence-corrected chi connectivity index (χ3v) is 4.05. The first-order chi connectivity index (χ1) is 9.21. The number of rotatable bonds is 6. The van der Waals surface area contributed by atoms with Crippen molar-refractivity contribution < 1.29 is 9.84 Å². The third kappa shape index (κ3) is 3.48. The van der Waals surface area contributed by atoms with Crippen LogP contribution in [-0.2, 0) is 6.42 Å². The Morgan fingerprint density at radius 1 is 1.32 bits per heavy atom. The highest BCUT2D eigenvalue weighted by atomic mass is 16.5. The van der Waals surface area contributed by atoms with Gasteiger partial charge < -0.3 is 15.2 Å². The molecule has 1 saturated carbocycles. The molecule has 1 fully saturated rings. The number of benzene rings is 1. The summed E-state index contributed by atoms with van der Waals surface area (Å²) in [5, 5.41) is 13.0. The minimum atomic E-state index is -0.136. The van der Waals surface area contributed by atoms with Crippen molar-refractivity contribution in [2.75, 3.05) is 13.2 Å². The minimum Gasteiger partial charge on any atom is -0.490 e. The van der Waals surface area contributed by atoms with Crippen molar-refractivity contribution in [2.45, 2.75) is 51.2 Å². The van der Waals surface area contributed by atoms with Gasteiger partial charge in [-0.15, -0.1) is 0 Å². The number of aryl methyl sites for hydroxylation is 1. The van der Waals surface area contributed by atoms with Crippen LogP contribution in [0.5, 0.6) is 5.75 Å². The zero-order chi connectivity index (χ0) is 13.7. The van der Waals surface area contributed by atoms with Crippen molar-refractivity contribution in [3.8, 4) is 5.75 Å². The summed E-state index contributed by atoms with van der Waals surface area (Å²) in [7, 11) is 0. The Balaban J connectivity index is 1.93. The van der Waals surface area contributed by atoms with E-state index < -0.39 is 0 Å². The van der Waals surface area contributed by atoms with Gasteiger partial charge in [-0.3, -0.25) is 0 Å². The summed E-state index contributed by atoms with van der Waals surface area (Å²) < 4.78 is 6.03. The van der Waals surface area contributed by atoms with Gasteiger partial charge in [0.05, 0.1) is 6.61 Å². The normalized spacial score (nSPS) is 26.6. The molecule has 3 heteroatoms. The Morgan fingerprint density at radius 3 is 2.63 bits per heavy atom. The van der Waals surface area contributed by atoms with Crippen LogP contribution in [0.2, 0.25) is 0 Å². The molecule has 106 valence electrons. The molecule has 0 heterocycles. The van der Waals surface area contributed by atoms with Crippen LogP contribution in [0, 0.1) is 0 Å². The summed E-state index contributed by atoms with van der Waals surface area (Å²) in [5.41, 5.74) is 1.19. The summed E-state index contributed by atoms with van der Waals surface area (Å²) in [6, 6.07) is 8.33. The fourth-order valence-electron chi connectivity index (χ4n) is 2.91. The molecule has 2 rings (SSSR count). The van der Waals surface area contributed by atoms with Crippen molar-refractivity contribution in [3.63, 3.8) is 0 Å². The summed E-state index contributed by atoms with van der Waals surface area (Å²) in [6.45, 7) is 5.31. The molecule has 0 aliphatic heterocycles. The van der Waals surface area contributed by atoms with Gasteiger partial charge in [0.15, 0.2) is 0 Å². The van der Waals surface area contributed by atoms with Crippen LogP contribution >= 0.6 is 0 Å². The summed E-state index contributed by atoms with van der Waals surface area (Å²) >= 11 is 0. The molecule has 1 aromatic rings. The van der Waals surface area contributed by atoms with Crippen LogP contribution in [0.15, 0.2) is 24.3 Å². The molecule has 19 heavy (non-hydrogen) atoms. The molecule has 1 aliphatic carbocycles. The van der Waals surface area contributed by atoms with Crippen LogP contribution in [0.4, 0.5) is 0 Å². The molecule has 0 bridgehead atoms. The van der Waals surface area contributed by atoms with Crippen molar-refractivity contribution in [2.24, 2.45) is 0 Å². The monoisotopic (exact) mass is 263 g/mol. The van der Waals surface area contributed by atoms with E-state index in [4.69, 9.17) is 4.74 Å². The zero-order valence-corrected chi connectivity index (χ0v) is 12.0. The number of likely N-dealkylation sites (N-methyl/N-ethyl adjacent to an activating group) is 1. The van der Waals surface area contributed by atoms with Crippen molar-refractivity contribution in [1.82, 2.24) is 5.32 Å². The second kappa shape index (κ2) is 6.40. The average molecular weight is 263 g/mol. The van der Waals surface area contributed by atoms with Crippen LogP contribution in [0.25, 0.3) is 0 Å². The molecular formula is C16H25NO2. The number of hydrogen-bond donors (Lipinski definition) is 2. The van der Waals surface area contributed by atoms with E-state index in [0.29, 0.717) is 0 Å². The van der Waals surface area contributed by atoms with E-state index in [1.54, 1.807) is 0 Å². The first-order valence-corrected chi connectivity index (χ1v) is 7.33. The molecule has 2 atom stereocenters. The lowest BCUT2D eigenvalue weighted by molar-refractivity contribution is 0.142. The second-order valence-corrected chi connectivity index (χ2v) is 5.45. The van der Waals surface area contributed by atoms with Crippen molar-refractivity contribution in [3.05, 3.63) is 29.8 Å². The highest BCUT2D eigenvalue weighted by molar-refractivity contribution is 5.27. The predicted molar refractivity (Wildman–Crippen MR) is 77.6 cm³/mol. The lowest BCUT2D eigenvalue weighted by Crippen LogP contribution is -2.46. The molecule has 0 saturated heterocycles. The lowest BCUT2D eigenvalue weighted by Gasteiger charge is -2.27. The maximum atomic E-state index is 9.58. The van der Waals surface area contributed by atoms with Crippen molar-refractivity contribution >= 4 is 0 Å². The number of aliphatic hydroxyl groups excluding tert-OH is 1. The molecular weight excluding hydrogens is 238 g/mol. The SMILES string of the molecule is CCNC1(CO)CCC(Oc2ccc(CC)cc2)C1. The van der Waals surface area contributed by atoms with E-state index in [2.05, 4.69) is 31.3 Å². The van der Waals surface area contributed by atoms with E-state index >= 15 is 0 Å². The fraction of sp³-hybridized carbons (Fsp3) is 0.625. The highest BCUT2D eigenvalue weighted by Crippen LogP contribution is 2.32. The molecule has 2 unspecified atom stereocenters. The van der Waals surface area contributed by atoms with E-state index in [1.165, 1.54) is 5.56 Å². The van der Waals surface area contributed by atoms with Gasteiger partial charge >= 0.3 is 0 Å². The minimum absolute atomic E-state index is 0.136. The Morgan fingerprint density at radius 2 is 2.05 bits per heavy atom. The van der Waals surface area contributed by atoms with E-state index in [0.717, 1.165) is 38.0 Å². The Kier molecular flexibility index (Phi) is 4.83. The standard InChI is InChI=1S/C16H25NO2/c1-3-13-5-7-14(8-6-13)19-15-9-10-16(11-15,12-18)17-4-2/h5-8,15,17-18H,3-4,9-12H2,1-2H3. The Hall–Kier alpha value is -1.06. The third-order valence-electron chi connectivity index (χ3n) is 4.05. The van der Waals surface area contributed by atoms with Gasteiger partial charge in [-0.25, -0.2) is 0 Å². The molecule has 1 aromatic carbocycles. The average Bonchev–Trinajstić information content (AvgIpc) is 2.84. The van der Waals surface area contributed by atoms with Gasteiger partial charge in [-0.05, 0) is 43.5 Å². The molecule has 0 aromatic heterocycles. The van der Waals surface area contributed by atoms with Crippen LogP contribution < -0.4 is 10.1 Å². The highest BCUT2D eigenvalue weighted by Gasteiger charge is 2.39. The van der Waals surface area contributed by atoms with Gasteiger partial charge in [-0.1, -0.05) is 26.0 Å². The maximum Gasteiger partial charge on any atom is 0.119 e. The van der Waals surface area contributed by atoms with E-state index in [-0.39, 0.29) is 18.2 Å². The van der Waals surface area contributed by atoms with Crippen LogP contribution in [0.3, 0.4) is 0 Å². The van der Waals surface area contributed by atoms with Crippen molar-refractivity contribution in [1.29, 1.82) is 0 Å². The van der Waals surface area contributed by atoms with Crippen LogP contribution in [-0.4, -0.2) is 29.9 Å². The molecule has 3 nitrogen and oxygen atoms in total. The second-order valence-electron chi connectivity index (χ2n) is 5.45. The van der Waals surface area contributed by atoms with Gasteiger partial charge in [0.2, 0.25) is 0 Å². The fourth-order valence-corrected chi connectivity index (χ4v) is 2.91. The largest absolute Gasteiger partial charge is 0.490 e. The number of nitrogens with one attached hydrogen (secondary N) is 1. The van der Waals surface area contributed by atoms with Crippen LogP contribution in [0.1, 0.15) is 38.7 Å². The quantitative estimate of drug-likeness (QED) is 0.828. The number of ether oxygens (including phenoxy) is 1.